The number of ether oxygens (including phenoxy) is 3. The summed E-state index contributed by atoms with van der Waals surface area (Å²) in [4.78, 5) is 58.5. The third-order valence-corrected chi connectivity index (χ3v) is 16.5. The molecule has 0 fully saturated rings. The smallest absolute Gasteiger partial charge is 0.264 e. The van der Waals surface area contributed by atoms with Gasteiger partial charge in [-0.05, 0) is 141 Å². The second-order valence-corrected chi connectivity index (χ2v) is 21.4. The minimum atomic E-state index is -4.44. The Kier molecular flexibility index (Phi) is 17.3. The van der Waals surface area contributed by atoms with Gasteiger partial charge in [0.1, 0.15) is 36.4 Å². The minimum Gasteiger partial charge on any atom is -0.497 e. The number of nitrogens with zero attached hydrogens (tertiary/aromatic N) is 3. The summed E-state index contributed by atoms with van der Waals surface area (Å²) in [6.45, 7) is 4.66. The number of carbonyl (C=O) groups excluding carboxylic acids is 4. The highest BCUT2D eigenvalue weighted by Crippen LogP contribution is 2.39. The van der Waals surface area contributed by atoms with Crippen molar-refractivity contribution in [3.63, 3.8) is 0 Å². The molecule has 4 atom stereocenters. The number of benzene rings is 6. The minimum absolute atomic E-state index is 0.0319. The summed E-state index contributed by atoms with van der Waals surface area (Å²) in [5, 5.41) is 2.65. The molecule has 4 unspecified atom stereocenters. The fourth-order valence-corrected chi connectivity index (χ4v) is 12.0. The molecule has 0 saturated carbocycles. The number of nitrogens with two attached hydrogens (primary N) is 2. The highest BCUT2D eigenvalue weighted by atomic mass is 32.2. The van der Waals surface area contributed by atoms with Crippen LogP contribution in [0.15, 0.2) is 161 Å². The molecule has 0 bridgehead atoms. The number of nitrogens with one attached hydrogen (secondary N) is 1. The van der Waals surface area contributed by atoms with Gasteiger partial charge in [-0.1, -0.05) is 72.3 Å². The quantitative estimate of drug-likeness (QED) is 0.0664. The van der Waals surface area contributed by atoms with Crippen LogP contribution in [-0.2, 0) is 52.2 Å². The number of hydrogen-bond donors (Lipinski definition) is 3. The number of rotatable bonds is 23. The van der Waals surface area contributed by atoms with Gasteiger partial charge >= 0.3 is 0 Å². The van der Waals surface area contributed by atoms with Crippen molar-refractivity contribution in [2.45, 2.75) is 68.0 Å². The zero-order chi connectivity index (χ0) is 53.2. The summed E-state index contributed by atoms with van der Waals surface area (Å²) in [6.07, 6.45) is -0.225. The van der Waals surface area contributed by atoms with Gasteiger partial charge in [-0.2, -0.15) is 0 Å². The van der Waals surface area contributed by atoms with Crippen LogP contribution >= 0.6 is 0 Å². The topological polar surface area (TPSA) is 238 Å². The first-order valence-electron chi connectivity index (χ1n) is 24.0. The van der Waals surface area contributed by atoms with Crippen molar-refractivity contribution in [1.29, 1.82) is 0 Å². The van der Waals surface area contributed by atoms with Gasteiger partial charge < -0.3 is 35.9 Å². The van der Waals surface area contributed by atoms with Crippen molar-refractivity contribution in [2.24, 2.45) is 17.4 Å². The molecular formula is C55H60N6O11S2. The molecule has 7 rings (SSSR count). The molecule has 1 aliphatic heterocycles. The Bertz CT molecular complexity index is 3140. The number of aryl methyl sites for hydroxylation is 1. The van der Waals surface area contributed by atoms with E-state index in [-0.39, 0.29) is 40.6 Å². The van der Waals surface area contributed by atoms with E-state index >= 15 is 4.79 Å². The first-order valence-corrected chi connectivity index (χ1v) is 26.8. The van der Waals surface area contributed by atoms with Gasteiger partial charge in [-0.15, -0.1) is 0 Å². The molecular weight excluding hydrogens is 985 g/mol. The first-order chi connectivity index (χ1) is 35.4. The Morgan fingerprint density at radius 1 is 0.635 bits per heavy atom. The third kappa shape index (κ3) is 12.5. The van der Waals surface area contributed by atoms with Crippen LogP contribution in [0.1, 0.15) is 48.4 Å². The summed E-state index contributed by atoms with van der Waals surface area (Å²) < 4.78 is 76.3. The lowest BCUT2D eigenvalue weighted by atomic mass is 9.73. The molecule has 0 aromatic heterocycles. The third-order valence-electron chi connectivity index (χ3n) is 12.9. The van der Waals surface area contributed by atoms with E-state index in [2.05, 4.69) is 5.32 Å². The fraction of sp³-hybridized carbons (Fsp3) is 0.273. The van der Waals surface area contributed by atoms with Crippen LogP contribution in [-0.4, -0.2) is 90.9 Å². The van der Waals surface area contributed by atoms with Crippen LogP contribution in [0.3, 0.4) is 0 Å². The number of methoxy groups -OCH3 is 1. The maximum atomic E-state index is 15.2. The maximum absolute atomic E-state index is 15.2. The summed E-state index contributed by atoms with van der Waals surface area (Å²) in [5.74, 6) is -4.35. The van der Waals surface area contributed by atoms with Crippen LogP contribution < -0.4 is 39.6 Å². The molecule has 388 valence electrons. The molecule has 0 radical (unpaired) electrons. The molecule has 6 aromatic rings. The van der Waals surface area contributed by atoms with Crippen molar-refractivity contribution < 1.29 is 50.2 Å². The molecule has 74 heavy (non-hydrogen) atoms. The lowest BCUT2D eigenvalue weighted by Gasteiger charge is -2.44. The number of hydrogen-bond acceptors (Lipinski definition) is 11. The van der Waals surface area contributed by atoms with E-state index in [0.29, 0.717) is 36.0 Å². The van der Waals surface area contributed by atoms with E-state index in [0.717, 1.165) is 25.3 Å². The second-order valence-electron chi connectivity index (χ2n) is 17.6. The van der Waals surface area contributed by atoms with Gasteiger partial charge in [0.05, 0.1) is 47.4 Å². The number of anilines is 2. The standard InChI is InChI=1S/C55H60N6O11S2/c1-5-71-44-24-28-46(29-25-44)73(66,67)60(42-20-22-43(70-4)23-21-42)35-51(62)58-49(54(56)64)33-48(38-12-8-7-9-13-38)53(55(57)65)50-32-39-14-10-11-15-40(39)34-59(50)52(63)36-61(41-18-16-37(3)17-19-41)74(68,69)47-30-26-45(27-31-47)72-6-2/h7-31,48-50,53H,5-6,32-36H2,1-4H3,(H2,56,64)(H2,57,65)(H,58,62). The van der Waals surface area contributed by atoms with Crippen molar-refractivity contribution in [2.75, 3.05) is 42.0 Å². The van der Waals surface area contributed by atoms with E-state index in [1.54, 1.807) is 61.5 Å². The molecule has 5 N–H and O–H groups in total. The maximum Gasteiger partial charge on any atom is 0.264 e. The zero-order valence-electron chi connectivity index (χ0n) is 41.5. The van der Waals surface area contributed by atoms with Crippen LogP contribution in [0.5, 0.6) is 17.2 Å². The molecule has 0 spiro atoms. The van der Waals surface area contributed by atoms with Gasteiger partial charge in [0, 0.05) is 12.6 Å². The van der Waals surface area contributed by atoms with Gasteiger partial charge in [-0.3, -0.25) is 27.8 Å². The number of primary amides is 2. The lowest BCUT2D eigenvalue weighted by Crippen LogP contribution is -2.56. The Labute approximate surface area is 432 Å². The van der Waals surface area contributed by atoms with Gasteiger partial charge in [0.25, 0.3) is 20.0 Å². The number of fused-ring (bicyclic) bond motifs is 1. The number of amides is 4. The molecule has 6 aromatic carbocycles. The Hall–Kier alpha value is -7.90. The normalized spacial score (nSPS) is 14.6. The molecule has 1 heterocycles. The predicted molar refractivity (Wildman–Crippen MR) is 281 cm³/mol. The predicted octanol–water partition coefficient (Wildman–Crippen LogP) is 6.09. The fourth-order valence-electron chi connectivity index (χ4n) is 9.16. The number of sulfonamides is 2. The molecule has 19 heteroatoms. The van der Waals surface area contributed by atoms with Gasteiger partial charge in [0.15, 0.2) is 0 Å². The van der Waals surface area contributed by atoms with Crippen LogP contribution in [0.2, 0.25) is 0 Å². The van der Waals surface area contributed by atoms with Crippen molar-refractivity contribution in [3.05, 3.63) is 174 Å². The van der Waals surface area contributed by atoms with Crippen molar-refractivity contribution in [3.8, 4) is 17.2 Å². The first kappa shape index (κ1) is 53.9. The summed E-state index contributed by atoms with van der Waals surface area (Å²) in [5.41, 5.74) is 15.8. The van der Waals surface area contributed by atoms with Gasteiger partial charge in [0.2, 0.25) is 23.6 Å². The largest absolute Gasteiger partial charge is 0.497 e. The Morgan fingerprint density at radius 3 is 1.62 bits per heavy atom. The Balaban J connectivity index is 1.24. The number of carbonyl (C=O) groups is 4. The van der Waals surface area contributed by atoms with E-state index in [4.69, 9.17) is 25.7 Å². The van der Waals surface area contributed by atoms with Crippen LogP contribution in [0.4, 0.5) is 11.4 Å². The van der Waals surface area contributed by atoms with E-state index in [1.807, 2.05) is 38.1 Å². The van der Waals surface area contributed by atoms with Crippen molar-refractivity contribution >= 4 is 55.1 Å². The summed E-state index contributed by atoms with van der Waals surface area (Å²) in [7, 11) is -7.40. The van der Waals surface area contributed by atoms with E-state index in [9.17, 15) is 31.2 Å². The average Bonchev–Trinajstić information content (AvgIpc) is 3.39. The van der Waals surface area contributed by atoms with Crippen LogP contribution in [0.25, 0.3) is 0 Å². The monoisotopic (exact) mass is 1040 g/mol. The highest BCUT2D eigenvalue weighted by Gasteiger charge is 2.45. The van der Waals surface area contributed by atoms with E-state index in [1.165, 1.54) is 84.8 Å². The van der Waals surface area contributed by atoms with Crippen molar-refractivity contribution in [1.82, 2.24) is 10.2 Å². The van der Waals surface area contributed by atoms with E-state index < -0.39 is 80.7 Å². The lowest BCUT2D eigenvalue weighted by molar-refractivity contribution is -0.137. The second kappa shape index (κ2) is 23.8. The molecule has 0 saturated heterocycles. The Morgan fingerprint density at radius 2 is 1.12 bits per heavy atom. The highest BCUT2D eigenvalue weighted by molar-refractivity contribution is 7.93. The summed E-state index contributed by atoms with van der Waals surface area (Å²) >= 11 is 0. The molecule has 0 aliphatic carbocycles. The zero-order valence-corrected chi connectivity index (χ0v) is 43.1. The van der Waals surface area contributed by atoms with Gasteiger partial charge in [-0.25, -0.2) is 16.8 Å². The SMILES string of the molecule is CCOc1ccc(S(=O)(=O)N(CC(=O)NC(CC(c2ccccc2)C(C(N)=O)C2Cc3ccccc3CN2C(=O)CN(c2ccc(C)cc2)S(=O)(=O)c2ccc(OCC)cc2)C(N)=O)c2ccc(OC)cc2)cc1. The molecule has 17 nitrogen and oxygen atoms in total. The van der Waals surface area contributed by atoms with Crippen LogP contribution in [0, 0.1) is 12.8 Å². The molecule has 1 aliphatic rings. The summed E-state index contributed by atoms with van der Waals surface area (Å²) in [6, 6.07) is 37.8. The molecule has 4 amide bonds. The average molecular weight is 1050 g/mol.